The molecule has 1 fully saturated rings. The molecule has 8 heteroatoms. The fourth-order valence-corrected chi connectivity index (χ4v) is 3.64. The lowest BCUT2D eigenvalue weighted by atomic mass is 10.1. The van der Waals surface area contributed by atoms with E-state index >= 15 is 0 Å². The summed E-state index contributed by atoms with van der Waals surface area (Å²) in [6, 6.07) is 6.93. The Hall–Kier alpha value is -3.00. The molecular weight excluding hydrogens is 358 g/mol. The van der Waals surface area contributed by atoms with E-state index in [2.05, 4.69) is 10.3 Å². The second-order valence-electron chi connectivity index (χ2n) is 7.02. The first kappa shape index (κ1) is 18.4. The smallest absolute Gasteiger partial charge is 0.278 e. The van der Waals surface area contributed by atoms with Crippen molar-refractivity contribution in [2.45, 2.75) is 38.8 Å². The molecule has 3 aromatic rings. The standard InChI is InChI=1S/C20H23N5O3/c1-2-8-25-17(21)14(19(26)22-12-13-6-5-10-28-13)11-15-18(25)23-16-7-3-4-9-24(16)20(15)27/h3-4,7,9,11,13,21H,2,5-6,8,10,12H2,1H3,(H,22,26)/p+1/t13-/m1/s1. The first-order chi connectivity index (χ1) is 13.6. The Bertz CT molecular complexity index is 1100. The summed E-state index contributed by atoms with van der Waals surface area (Å²) in [6.07, 6.45) is 4.43. The third-order valence-electron chi connectivity index (χ3n) is 5.07. The fourth-order valence-electron chi connectivity index (χ4n) is 3.64. The Labute approximate surface area is 161 Å². The zero-order valence-corrected chi connectivity index (χ0v) is 15.9. The van der Waals surface area contributed by atoms with Crippen LogP contribution < -0.4 is 21.2 Å². The number of aromatic nitrogens is 3. The van der Waals surface area contributed by atoms with Gasteiger partial charge in [-0.1, -0.05) is 18.0 Å². The molecule has 0 spiro atoms. The Balaban J connectivity index is 1.83. The average Bonchev–Trinajstić information content (AvgIpc) is 3.22. The van der Waals surface area contributed by atoms with Crippen molar-refractivity contribution >= 4 is 28.4 Å². The van der Waals surface area contributed by atoms with E-state index in [4.69, 9.17) is 10.5 Å². The van der Waals surface area contributed by atoms with Gasteiger partial charge in [0.2, 0.25) is 11.5 Å². The van der Waals surface area contributed by atoms with Gasteiger partial charge in [-0.25, -0.2) is 4.57 Å². The summed E-state index contributed by atoms with van der Waals surface area (Å²) in [5.41, 5.74) is 7.43. The van der Waals surface area contributed by atoms with Gasteiger partial charge in [0.15, 0.2) is 0 Å². The topological polar surface area (TPSA) is 103 Å². The van der Waals surface area contributed by atoms with Gasteiger partial charge in [0.05, 0.1) is 12.6 Å². The molecule has 0 saturated carbocycles. The van der Waals surface area contributed by atoms with E-state index in [0.717, 1.165) is 25.9 Å². The summed E-state index contributed by atoms with van der Waals surface area (Å²) < 4.78 is 8.78. The van der Waals surface area contributed by atoms with Crippen LogP contribution in [0.25, 0.3) is 16.7 Å². The number of amides is 1. The highest BCUT2D eigenvalue weighted by Crippen LogP contribution is 2.16. The highest BCUT2D eigenvalue weighted by molar-refractivity contribution is 6.00. The molecular formula is C20H24N5O3+. The summed E-state index contributed by atoms with van der Waals surface area (Å²) in [6.45, 7) is 3.73. The molecule has 0 unspecified atom stereocenters. The number of hydrogen-bond donors (Lipinski definition) is 2. The SMILES string of the molecule is CCC[n+]1c(N)c(C(=O)NC[C@H]2CCCO2)cc2c(=O)n3ccccc3nc21. The van der Waals surface area contributed by atoms with Crippen LogP contribution in [0.3, 0.4) is 0 Å². The van der Waals surface area contributed by atoms with Gasteiger partial charge in [-0.15, -0.1) is 0 Å². The third-order valence-corrected chi connectivity index (χ3v) is 5.07. The second-order valence-corrected chi connectivity index (χ2v) is 7.02. The number of nitrogens with one attached hydrogen (secondary N) is 1. The van der Waals surface area contributed by atoms with Crippen molar-refractivity contribution in [3.63, 3.8) is 0 Å². The van der Waals surface area contributed by atoms with Crippen molar-refractivity contribution < 1.29 is 14.1 Å². The zero-order chi connectivity index (χ0) is 19.7. The number of anilines is 1. The molecule has 4 heterocycles. The maximum absolute atomic E-state index is 13.0. The molecule has 0 bridgehead atoms. The van der Waals surface area contributed by atoms with E-state index in [1.54, 1.807) is 29.0 Å². The number of carbonyl (C=O) groups is 1. The first-order valence-corrected chi connectivity index (χ1v) is 9.63. The molecule has 3 N–H and O–H groups in total. The lowest BCUT2D eigenvalue weighted by Crippen LogP contribution is -2.43. The molecule has 28 heavy (non-hydrogen) atoms. The van der Waals surface area contributed by atoms with Crippen LogP contribution >= 0.6 is 0 Å². The van der Waals surface area contributed by atoms with Gasteiger partial charge in [-0.2, -0.15) is 0 Å². The maximum atomic E-state index is 13.0. The second kappa shape index (κ2) is 7.55. The van der Waals surface area contributed by atoms with Crippen LogP contribution in [0, 0.1) is 0 Å². The van der Waals surface area contributed by atoms with Gasteiger partial charge in [-0.05, 0) is 37.5 Å². The molecule has 0 radical (unpaired) electrons. The summed E-state index contributed by atoms with van der Waals surface area (Å²) in [5, 5.41) is 3.25. The van der Waals surface area contributed by atoms with E-state index in [1.165, 1.54) is 4.40 Å². The predicted octanol–water partition coefficient (Wildman–Crippen LogP) is 1.04. The van der Waals surface area contributed by atoms with Crippen LogP contribution in [0.1, 0.15) is 36.5 Å². The number of ether oxygens (including phenoxy) is 1. The van der Waals surface area contributed by atoms with Crippen molar-refractivity contribution in [1.29, 1.82) is 0 Å². The highest BCUT2D eigenvalue weighted by Gasteiger charge is 2.25. The molecule has 4 rings (SSSR count). The number of rotatable bonds is 5. The van der Waals surface area contributed by atoms with Gasteiger partial charge < -0.3 is 15.8 Å². The maximum Gasteiger partial charge on any atom is 0.278 e. The lowest BCUT2D eigenvalue weighted by Gasteiger charge is -2.13. The van der Waals surface area contributed by atoms with E-state index in [-0.39, 0.29) is 23.1 Å². The molecule has 3 aromatic heterocycles. The minimum absolute atomic E-state index is 0.0321. The lowest BCUT2D eigenvalue weighted by molar-refractivity contribution is -0.658. The Morgan fingerprint density at radius 1 is 1.46 bits per heavy atom. The van der Waals surface area contributed by atoms with E-state index in [1.807, 2.05) is 13.0 Å². The Kier molecular flexibility index (Phi) is 4.95. The number of hydrogen-bond acceptors (Lipinski definition) is 5. The number of pyridine rings is 2. The average molecular weight is 382 g/mol. The van der Waals surface area contributed by atoms with Gasteiger partial charge in [-0.3, -0.25) is 14.0 Å². The minimum atomic E-state index is -0.308. The quantitative estimate of drug-likeness (QED) is 0.507. The van der Waals surface area contributed by atoms with Crippen LogP contribution in [-0.4, -0.2) is 34.5 Å². The van der Waals surface area contributed by atoms with Crippen LogP contribution in [-0.2, 0) is 11.3 Å². The highest BCUT2D eigenvalue weighted by atomic mass is 16.5. The molecule has 1 amide bonds. The molecule has 1 saturated heterocycles. The van der Waals surface area contributed by atoms with Gasteiger partial charge in [0, 0.05) is 19.3 Å². The third kappa shape index (κ3) is 3.20. The van der Waals surface area contributed by atoms with Crippen LogP contribution in [0.15, 0.2) is 35.3 Å². The first-order valence-electron chi connectivity index (χ1n) is 9.63. The molecule has 8 nitrogen and oxygen atoms in total. The monoisotopic (exact) mass is 382 g/mol. The van der Waals surface area contributed by atoms with E-state index in [0.29, 0.717) is 35.6 Å². The van der Waals surface area contributed by atoms with Crippen molar-refractivity contribution in [1.82, 2.24) is 14.7 Å². The molecule has 1 atom stereocenters. The van der Waals surface area contributed by atoms with Gasteiger partial charge in [0.25, 0.3) is 17.1 Å². The van der Waals surface area contributed by atoms with Crippen molar-refractivity contribution in [3.05, 3.63) is 46.4 Å². The molecule has 0 aromatic carbocycles. The fraction of sp³-hybridized carbons (Fsp3) is 0.400. The van der Waals surface area contributed by atoms with Gasteiger partial charge in [0.1, 0.15) is 10.9 Å². The number of nitrogens with zero attached hydrogens (tertiary/aromatic N) is 3. The largest absolute Gasteiger partial charge is 0.376 e. The molecule has 0 aliphatic carbocycles. The summed E-state index contributed by atoms with van der Waals surface area (Å²) in [5.74, 6) is 0.00341. The van der Waals surface area contributed by atoms with Crippen molar-refractivity contribution in [2.75, 3.05) is 18.9 Å². The zero-order valence-electron chi connectivity index (χ0n) is 15.9. The van der Waals surface area contributed by atoms with Crippen LogP contribution in [0.2, 0.25) is 0 Å². The predicted molar refractivity (Wildman–Crippen MR) is 105 cm³/mol. The Morgan fingerprint density at radius 2 is 2.32 bits per heavy atom. The molecule has 1 aliphatic heterocycles. The molecule has 146 valence electrons. The number of nitrogen functional groups attached to an aromatic ring is 1. The Morgan fingerprint density at radius 3 is 3.07 bits per heavy atom. The van der Waals surface area contributed by atoms with Crippen molar-refractivity contribution in [2.24, 2.45) is 0 Å². The summed E-state index contributed by atoms with van der Waals surface area (Å²) >= 11 is 0. The van der Waals surface area contributed by atoms with E-state index < -0.39 is 0 Å². The number of fused-ring (bicyclic) bond motifs is 2. The van der Waals surface area contributed by atoms with Crippen LogP contribution in [0.4, 0.5) is 5.82 Å². The number of aryl methyl sites for hydroxylation is 1. The normalized spacial score (nSPS) is 16.7. The van der Waals surface area contributed by atoms with Gasteiger partial charge >= 0.3 is 0 Å². The number of nitrogens with two attached hydrogens (primary N) is 1. The number of carbonyl (C=O) groups excluding carboxylic acids is 1. The van der Waals surface area contributed by atoms with Crippen LogP contribution in [0.5, 0.6) is 0 Å². The summed E-state index contributed by atoms with van der Waals surface area (Å²) in [7, 11) is 0. The summed E-state index contributed by atoms with van der Waals surface area (Å²) in [4.78, 5) is 30.4. The van der Waals surface area contributed by atoms with Crippen molar-refractivity contribution in [3.8, 4) is 0 Å². The van der Waals surface area contributed by atoms with E-state index in [9.17, 15) is 9.59 Å². The molecule has 1 aliphatic rings. The minimum Gasteiger partial charge on any atom is -0.376 e.